The first-order valence-corrected chi connectivity index (χ1v) is 13.0. The van der Waals surface area contributed by atoms with E-state index < -0.39 is 20.4 Å². The number of ether oxygens (including phenoxy) is 1. The van der Waals surface area contributed by atoms with E-state index in [2.05, 4.69) is 49.8 Å². The lowest BCUT2D eigenvalue weighted by Crippen LogP contribution is -2.67. The molecule has 1 unspecified atom stereocenters. The van der Waals surface area contributed by atoms with Crippen molar-refractivity contribution in [2.75, 3.05) is 6.61 Å². The Bertz CT molecular complexity index is 1070. The van der Waals surface area contributed by atoms with Gasteiger partial charge in [-0.25, -0.2) is 4.79 Å². The Morgan fingerprint density at radius 1 is 0.879 bits per heavy atom. The SMILES string of the molecule is CCOC(=O)C(=[N+]=[N-])C(O[Si](c1ccccc1)(c1ccccc1)C(C)(C)C)c1ccccc1. The maximum atomic E-state index is 12.8. The Morgan fingerprint density at radius 3 is 1.73 bits per heavy atom. The minimum absolute atomic E-state index is 0.165. The van der Waals surface area contributed by atoms with Crippen LogP contribution in [0.25, 0.3) is 5.53 Å². The summed E-state index contributed by atoms with van der Waals surface area (Å²) in [6, 6.07) is 29.6. The van der Waals surface area contributed by atoms with E-state index in [1.54, 1.807) is 6.92 Å². The largest absolute Gasteiger partial charge is 0.457 e. The van der Waals surface area contributed by atoms with Gasteiger partial charge in [-0.15, -0.1) is 0 Å². The average Bonchev–Trinajstić information content (AvgIpc) is 2.83. The first-order chi connectivity index (χ1) is 15.8. The molecule has 0 fully saturated rings. The molecule has 0 N–H and O–H groups in total. The van der Waals surface area contributed by atoms with Crippen LogP contribution in [0.1, 0.15) is 39.4 Å². The van der Waals surface area contributed by atoms with Crippen molar-refractivity contribution in [3.63, 3.8) is 0 Å². The second-order valence-corrected chi connectivity index (χ2v) is 13.0. The zero-order chi connectivity index (χ0) is 23.9. The molecule has 3 aromatic rings. The van der Waals surface area contributed by atoms with Gasteiger partial charge in [0.1, 0.15) is 0 Å². The zero-order valence-electron chi connectivity index (χ0n) is 19.6. The highest BCUT2D eigenvalue weighted by atomic mass is 28.4. The molecule has 0 spiro atoms. The molecule has 0 saturated heterocycles. The van der Waals surface area contributed by atoms with Gasteiger partial charge in [-0.3, -0.25) is 0 Å². The second-order valence-electron chi connectivity index (χ2n) is 8.78. The number of carbonyl (C=O) groups is 1. The van der Waals surface area contributed by atoms with E-state index in [4.69, 9.17) is 9.16 Å². The average molecular weight is 459 g/mol. The molecule has 3 aromatic carbocycles. The van der Waals surface area contributed by atoms with E-state index in [0.717, 1.165) is 10.4 Å². The van der Waals surface area contributed by atoms with Crippen molar-refractivity contribution in [3.05, 3.63) is 102 Å². The van der Waals surface area contributed by atoms with Crippen molar-refractivity contribution in [1.29, 1.82) is 0 Å². The van der Waals surface area contributed by atoms with E-state index >= 15 is 0 Å². The molecule has 33 heavy (non-hydrogen) atoms. The number of esters is 1. The maximum Gasteiger partial charge on any atom is 0.420 e. The van der Waals surface area contributed by atoms with E-state index in [1.807, 2.05) is 66.7 Å². The van der Waals surface area contributed by atoms with Crippen molar-refractivity contribution in [2.24, 2.45) is 0 Å². The van der Waals surface area contributed by atoms with Crippen LogP contribution < -0.4 is 10.4 Å². The van der Waals surface area contributed by atoms with E-state index in [0.29, 0.717) is 5.56 Å². The van der Waals surface area contributed by atoms with Crippen LogP contribution in [-0.4, -0.2) is 31.4 Å². The summed E-state index contributed by atoms with van der Waals surface area (Å²) in [6.45, 7) is 8.34. The molecule has 0 aliphatic heterocycles. The van der Waals surface area contributed by atoms with Crippen LogP contribution in [0, 0.1) is 0 Å². The smallest absolute Gasteiger partial charge is 0.420 e. The van der Waals surface area contributed by atoms with E-state index in [-0.39, 0.29) is 17.4 Å². The highest BCUT2D eigenvalue weighted by Crippen LogP contribution is 2.40. The van der Waals surface area contributed by atoms with Crippen molar-refractivity contribution in [1.82, 2.24) is 0 Å². The maximum absolute atomic E-state index is 12.8. The van der Waals surface area contributed by atoms with Crippen LogP contribution in [0.4, 0.5) is 0 Å². The van der Waals surface area contributed by atoms with E-state index in [9.17, 15) is 10.3 Å². The lowest BCUT2D eigenvalue weighted by Gasteiger charge is -2.44. The van der Waals surface area contributed by atoms with Gasteiger partial charge in [0.05, 0.1) is 6.61 Å². The fraction of sp³-hybridized carbons (Fsp3) is 0.259. The molecule has 0 bridgehead atoms. The molecule has 0 amide bonds. The minimum Gasteiger partial charge on any atom is -0.457 e. The van der Waals surface area contributed by atoms with Gasteiger partial charge in [0.2, 0.25) is 0 Å². The lowest BCUT2D eigenvalue weighted by molar-refractivity contribution is -0.141. The molecule has 0 heterocycles. The number of hydrogen-bond donors (Lipinski definition) is 0. The zero-order valence-corrected chi connectivity index (χ0v) is 20.6. The molecule has 6 heteroatoms. The first-order valence-electron chi connectivity index (χ1n) is 11.1. The van der Waals surface area contributed by atoms with Gasteiger partial charge in [-0.2, -0.15) is 4.79 Å². The van der Waals surface area contributed by atoms with Gasteiger partial charge in [0.15, 0.2) is 6.10 Å². The minimum atomic E-state index is -3.04. The molecule has 3 rings (SSSR count). The Labute approximate surface area is 196 Å². The van der Waals surface area contributed by atoms with Crippen LogP contribution >= 0.6 is 0 Å². The molecule has 0 aliphatic carbocycles. The first kappa shape index (κ1) is 24.3. The van der Waals surface area contributed by atoms with Crippen LogP contribution in [-0.2, 0) is 14.0 Å². The second kappa shape index (κ2) is 10.5. The third-order valence-electron chi connectivity index (χ3n) is 5.65. The fourth-order valence-electron chi connectivity index (χ4n) is 4.18. The highest BCUT2D eigenvalue weighted by Gasteiger charge is 2.54. The quantitative estimate of drug-likeness (QED) is 0.164. The normalized spacial score (nSPS) is 12.5. The number of rotatable bonds is 8. The van der Waals surface area contributed by atoms with Crippen molar-refractivity contribution in [3.8, 4) is 0 Å². The summed E-state index contributed by atoms with van der Waals surface area (Å²) in [6.07, 6.45) is -0.915. The summed E-state index contributed by atoms with van der Waals surface area (Å²) in [4.78, 5) is 16.2. The van der Waals surface area contributed by atoms with Crippen molar-refractivity contribution < 1.29 is 18.7 Å². The summed E-state index contributed by atoms with van der Waals surface area (Å²) in [5.41, 5.74) is 10.5. The van der Waals surface area contributed by atoms with Gasteiger partial charge in [-0.05, 0) is 27.9 Å². The molecule has 1 atom stereocenters. The van der Waals surface area contributed by atoms with Crippen LogP contribution in [0.3, 0.4) is 0 Å². The third-order valence-corrected chi connectivity index (χ3v) is 10.6. The monoisotopic (exact) mass is 458 g/mol. The molecule has 5 nitrogen and oxygen atoms in total. The van der Waals surface area contributed by atoms with Gasteiger partial charge >= 0.3 is 11.7 Å². The lowest BCUT2D eigenvalue weighted by atomic mass is 10.1. The van der Waals surface area contributed by atoms with Gasteiger partial charge < -0.3 is 14.7 Å². The summed E-state index contributed by atoms with van der Waals surface area (Å²) >= 11 is 0. The highest BCUT2D eigenvalue weighted by molar-refractivity contribution is 6.99. The molecule has 170 valence electrons. The summed E-state index contributed by atoms with van der Waals surface area (Å²) in [5, 5.41) is 1.80. The van der Waals surface area contributed by atoms with Crippen molar-refractivity contribution >= 4 is 30.4 Å². The van der Waals surface area contributed by atoms with Crippen LogP contribution in [0.2, 0.25) is 5.04 Å². The van der Waals surface area contributed by atoms with Gasteiger partial charge in [0.25, 0.3) is 8.32 Å². The Balaban J connectivity index is 2.30. The molecular formula is C27H30N2O3Si. The van der Waals surface area contributed by atoms with Crippen LogP contribution in [0.5, 0.6) is 0 Å². The van der Waals surface area contributed by atoms with Gasteiger partial charge in [-0.1, -0.05) is 112 Å². The Morgan fingerprint density at radius 2 is 1.33 bits per heavy atom. The predicted octanol–water partition coefficient (Wildman–Crippen LogP) is 4.54. The van der Waals surface area contributed by atoms with E-state index in [1.165, 1.54) is 0 Å². The number of hydrogen-bond acceptors (Lipinski definition) is 3. The van der Waals surface area contributed by atoms with Crippen molar-refractivity contribution in [2.45, 2.75) is 38.8 Å². The van der Waals surface area contributed by atoms with Crippen LogP contribution in [0.15, 0.2) is 91.0 Å². The Hall–Kier alpha value is -3.31. The molecule has 0 aromatic heterocycles. The number of nitrogens with zero attached hydrogens (tertiary/aromatic N) is 2. The molecule has 0 saturated carbocycles. The van der Waals surface area contributed by atoms with Gasteiger partial charge in [0, 0.05) is 0 Å². The fourth-order valence-corrected chi connectivity index (χ4v) is 8.80. The topological polar surface area (TPSA) is 71.9 Å². The number of carbonyl (C=O) groups excluding carboxylic acids is 1. The molecular weight excluding hydrogens is 428 g/mol. The standard InChI is InChI=1S/C27H30N2O3Si/c1-5-31-26(30)24(29-28)25(21-15-9-6-10-16-21)32-33(27(2,3)4,22-17-11-7-12-18-22)23-19-13-8-14-20-23/h6-20,25H,5H2,1-4H3. The Kier molecular flexibility index (Phi) is 7.77. The third kappa shape index (κ3) is 5.04. The summed E-state index contributed by atoms with van der Waals surface area (Å²) < 4.78 is 12.3. The predicted molar refractivity (Wildman–Crippen MR) is 133 cm³/mol. The molecule has 0 aliphatic rings. The summed E-state index contributed by atoms with van der Waals surface area (Å²) in [7, 11) is -3.04. The molecule has 0 radical (unpaired) electrons. The summed E-state index contributed by atoms with van der Waals surface area (Å²) in [5.74, 6) is -0.702. The number of benzene rings is 3.